The number of ether oxygens (including phenoxy) is 3. The van der Waals surface area contributed by atoms with Crippen LogP contribution in [0, 0.1) is 0 Å². The minimum atomic E-state index is -0.158. The summed E-state index contributed by atoms with van der Waals surface area (Å²) in [6.07, 6.45) is 2.16. The zero-order valence-corrected chi connectivity index (χ0v) is 16.3. The molecule has 0 radical (unpaired) electrons. The Hall–Kier alpha value is -2.73. The van der Waals surface area contributed by atoms with Crippen molar-refractivity contribution >= 4 is 5.91 Å². The van der Waals surface area contributed by atoms with Crippen LogP contribution in [0.2, 0.25) is 0 Å². The number of nitrogens with one attached hydrogen (secondary N) is 1. The van der Waals surface area contributed by atoms with E-state index < -0.39 is 0 Å². The topological polar surface area (TPSA) is 60.0 Å². The van der Waals surface area contributed by atoms with Gasteiger partial charge in [0.1, 0.15) is 18.5 Å². The Morgan fingerprint density at radius 1 is 1.14 bits per heavy atom. The van der Waals surface area contributed by atoms with Crippen molar-refractivity contribution in [3.05, 3.63) is 53.6 Å². The standard InChI is InChI=1S/C22H26N2O4/c1-24-11-9-16(10-12-24)28-20-8-7-15(13-21(20)26-2)22(25)23-18-14-27-19-6-4-3-5-17(18)19/h3-8,13,16,18H,9-12,14H2,1-2H3,(H,23,25)/t18-/m1/s1. The molecule has 2 aromatic rings. The van der Waals surface area contributed by atoms with Gasteiger partial charge < -0.3 is 24.4 Å². The molecule has 2 heterocycles. The predicted molar refractivity (Wildman–Crippen MR) is 106 cm³/mol. The van der Waals surface area contributed by atoms with Crippen molar-refractivity contribution < 1.29 is 19.0 Å². The van der Waals surface area contributed by atoms with E-state index in [2.05, 4.69) is 17.3 Å². The first kappa shape index (κ1) is 18.6. The van der Waals surface area contributed by atoms with Gasteiger partial charge in [-0.15, -0.1) is 0 Å². The van der Waals surface area contributed by atoms with E-state index in [1.807, 2.05) is 30.3 Å². The third-order valence-electron chi connectivity index (χ3n) is 5.39. The van der Waals surface area contributed by atoms with Gasteiger partial charge in [0.25, 0.3) is 5.91 Å². The Labute approximate surface area is 165 Å². The number of likely N-dealkylation sites (tertiary alicyclic amines) is 1. The zero-order valence-electron chi connectivity index (χ0n) is 16.3. The van der Waals surface area contributed by atoms with Gasteiger partial charge in [-0.3, -0.25) is 4.79 Å². The second kappa shape index (κ2) is 8.10. The second-order valence-corrected chi connectivity index (χ2v) is 7.36. The maximum Gasteiger partial charge on any atom is 0.252 e. The van der Waals surface area contributed by atoms with E-state index in [-0.39, 0.29) is 18.1 Å². The molecule has 1 N–H and O–H groups in total. The van der Waals surface area contributed by atoms with Gasteiger partial charge in [-0.1, -0.05) is 18.2 Å². The van der Waals surface area contributed by atoms with Crippen LogP contribution in [0.4, 0.5) is 0 Å². The van der Waals surface area contributed by atoms with Crippen LogP contribution in [-0.4, -0.2) is 50.8 Å². The SMILES string of the molecule is COc1cc(C(=O)N[C@@H]2COc3ccccc32)ccc1OC1CCN(C)CC1. The number of carbonyl (C=O) groups is 1. The largest absolute Gasteiger partial charge is 0.493 e. The van der Waals surface area contributed by atoms with Crippen LogP contribution in [0.1, 0.15) is 34.8 Å². The molecule has 1 saturated heterocycles. The molecule has 0 aromatic heterocycles. The second-order valence-electron chi connectivity index (χ2n) is 7.36. The van der Waals surface area contributed by atoms with Crippen LogP contribution >= 0.6 is 0 Å². The van der Waals surface area contributed by atoms with Gasteiger partial charge in [0.15, 0.2) is 11.5 Å². The molecule has 2 aliphatic rings. The van der Waals surface area contributed by atoms with Gasteiger partial charge in [0.05, 0.1) is 13.2 Å². The van der Waals surface area contributed by atoms with Crippen molar-refractivity contribution in [1.82, 2.24) is 10.2 Å². The molecule has 0 spiro atoms. The first-order chi connectivity index (χ1) is 13.6. The Morgan fingerprint density at radius 2 is 1.93 bits per heavy atom. The highest BCUT2D eigenvalue weighted by molar-refractivity contribution is 5.95. The van der Waals surface area contributed by atoms with E-state index in [1.165, 1.54) is 0 Å². The summed E-state index contributed by atoms with van der Waals surface area (Å²) in [5, 5.41) is 3.04. The van der Waals surface area contributed by atoms with Gasteiger partial charge >= 0.3 is 0 Å². The van der Waals surface area contributed by atoms with E-state index in [0.717, 1.165) is 37.2 Å². The molecule has 0 bridgehead atoms. The number of nitrogens with zero attached hydrogens (tertiary/aromatic N) is 1. The fraction of sp³-hybridized carbons (Fsp3) is 0.409. The number of amides is 1. The summed E-state index contributed by atoms with van der Waals surface area (Å²) in [6, 6.07) is 13.0. The number of fused-ring (bicyclic) bond motifs is 1. The molecule has 4 rings (SSSR count). The van der Waals surface area contributed by atoms with Gasteiger partial charge in [-0.05, 0) is 44.2 Å². The third kappa shape index (κ3) is 3.92. The number of methoxy groups -OCH3 is 1. The van der Waals surface area contributed by atoms with Crippen LogP contribution in [0.5, 0.6) is 17.2 Å². The monoisotopic (exact) mass is 382 g/mol. The van der Waals surface area contributed by atoms with Crippen LogP contribution in [-0.2, 0) is 0 Å². The van der Waals surface area contributed by atoms with E-state index in [9.17, 15) is 4.79 Å². The number of carbonyl (C=O) groups excluding carboxylic acids is 1. The molecule has 6 heteroatoms. The molecule has 6 nitrogen and oxygen atoms in total. The number of benzene rings is 2. The van der Waals surface area contributed by atoms with Gasteiger partial charge in [0, 0.05) is 24.2 Å². The normalized spacial score (nSPS) is 19.6. The number of hydrogen-bond acceptors (Lipinski definition) is 5. The quantitative estimate of drug-likeness (QED) is 0.861. The van der Waals surface area contributed by atoms with E-state index in [4.69, 9.17) is 14.2 Å². The highest BCUT2D eigenvalue weighted by Gasteiger charge is 2.26. The summed E-state index contributed by atoms with van der Waals surface area (Å²) < 4.78 is 17.3. The molecule has 148 valence electrons. The minimum Gasteiger partial charge on any atom is -0.493 e. The van der Waals surface area contributed by atoms with E-state index >= 15 is 0 Å². The summed E-state index contributed by atoms with van der Waals surface area (Å²) in [5.41, 5.74) is 1.54. The summed E-state index contributed by atoms with van der Waals surface area (Å²) in [7, 11) is 3.72. The first-order valence-electron chi connectivity index (χ1n) is 9.70. The molecule has 0 aliphatic carbocycles. The maximum atomic E-state index is 12.7. The van der Waals surface area contributed by atoms with Crippen LogP contribution in [0.25, 0.3) is 0 Å². The highest BCUT2D eigenvalue weighted by atomic mass is 16.5. The molecule has 1 atom stereocenters. The molecular weight excluding hydrogens is 356 g/mol. The maximum absolute atomic E-state index is 12.7. The molecule has 28 heavy (non-hydrogen) atoms. The van der Waals surface area contributed by atoms with Crippen LogP contribution in [0.15, 0.2) is 42.5 Å². The number of rotatable bonds is 5. The van der Waals surface area contributed by atoms with Gasteiger partial charge in [-0.25, -0.2) is 0 Å². The fourth-order valence-electron chi connectivity index (χ4n) is 3.71. The van der Waals surface area contributed by atoms with Gasteiger partial charge in [0.2, 0.25) is 0 Å². The molecule has 1 amide bonds. The summed E-state index contributed by atoms with van der Waals surface area (Å²) in [6.45, 7) is 2.50. The fourth-order valence-corrected chi connectivity index (χ4v) is 3.71. The molecule has 0 unspecified atom stereocenters. The first-order valence-corrected chi connectivity index (χ1v) is 9.70. The third-order valence-corrected chi connectivity index (χ3v) is 5.39. The number of para-hydroxylation sites is 1. The zero-order chi connectivity index (χ0) is 19.5. The van der Waals surface area contributed by atoms with Crippen molar-refractivity contribution in [2.24, 2.45) is 0 Å². The predicted octanol–water partition coefficient (Wildman–Crippen LogP) is 3.03. The smallest absolute Gasteiger partial charge is 0.252 e. The van der Waals surface area contributed by atoms with Crippen molar-refractivity contribution in [2.75, 3.05) is 33.9 Å². The number of piperidine rings is 1. The Balaban J connectivity index is 1.44. The van der Waals surface area contributed by atoms with E-state index in [0.29, 0.717) is 23.7 Å². The molecule has 0 saturated carbocycles. The lowest BCUT2D eigenvalue weighted by Gasteiger charge is -2.29. The lowest BCUT2D eigenvalue weighted by molar-refractivity contribution is 0.0929. The van der Waals surface area contributed by atoms with Crippen LogP contribution < -0.4 is 19.5 Å². The minimum absolute atomic E-state index is 0.148. The van der Waals surface area contributed by atoms with Gasteiger partial charge in [-0.2, -0.15) is 0 Å². The lowest BCUT2D eigenvalue weighted by Crippen LogP contribution is -2.35. The molecular formula is C22H26N2O4. The van der Waals surface area contributed by atoms with Crippen molar-refractivity contribution in [3.63, 3.8) is 0 Å². The average molecular weight is 382 g/mol. The van der Waals surface area contributed by atoms with Crippen molar-refractivity contribution in [2.45, 2.75) is 25.0 Å². The number of hydrogen-bond donors (Lipinski definition) is 1. The van der Waals surface area contributed by atoms with Crippen molar-refractivity contribution in [1.29, 1.82) is 0 Å². The molecule has 2 aliphatic heterocycles. The Morgan fingerprint density at radius 3 is 2.71 bits per heavy atom. The molecule has 1 fully saturated rings. The molecule has 2 aromatic carbocycles. The highest BCUT2D eigenvalue weighted by Crippen LogP contribution is 2.33. The summed E-state index contributed by atoms with van der Waals surface area (Å²) in [5.74, 6) is 1.93. The Bertz CT molecular complexity index is 846. The van der Waals surface area contributed by atoms with Crippen LogP contribution in [0.3, 0.4) is 0 Å². The Kier molecular flexibility index (Phi) is 5.39. The summed E-state index contributed by atoms with van der Waals surface area (Å²) >= 11 is 0. The van der Waals surface area contributed by atoms with Crippen molar-refractivity contribution in [3.8, 4) is 17.2 Å². The summed E-state index contributed by atoms with van der Waals surface area (Å²) in [4.78, 5) is 15.0. The average Bonchev–Trinajstić information content (AvgIpc) is 3.13. The lowest BCUT2D eigenvalue weighted by atomic mass is 10.1. The van der Waals surface area contributed by atoms with E-state index in [1.54, 1.807) is 19.2 Å².